The van der Waals surface area contributed by atoms with Gasteiger partial charge >= 0.3 is 0 Å². The molecule has 0 bridgehead atoms. The second-order valence-electron chi connectivity index (χ2n) is 5.63. The van der Waals surface area contributed by atoms with E-state index in [0.29, 0.717) is 0 Å². The fourth-order valence-electron chi connectivity index (χ4n) is 2.83. The summed E-state index contributed by atoms with van der Waals surface area (Å²) in [4.78, 5) is 2.41. The fraction of sp³-hybridized carbons (Fsp3) is 0.125. The number of hydrogen-bond acceptors (Lipinski definition) is 8. The molecule has 0 aliphatic rings. The third-order valence-corrected chi connectivity index (χ3v) is 7.48. The first kappa shape index (κ1) is 14.6. The van der Waals surface area contributed by atoms with E-state index in [4.69, 9.17) is 0 Å². The first-order valence-corrected chi connectivity index (χ1v) is 10.5. The molecule has 4 aromatic heterocycles. The van der Waals surface area contributed by atoms with Crippen molar-refractivity contribution in [3.63, 3.8) is 0 Å². The monoisotopic (exact) mass is 386 g/mol. The lowest BCUT2D eigenvalue weighted by Crippen LogP contribution is -1.85. The fourth-order valence-corrected chi connectivity index (χ4v) is 6.33. The van der Waals surface area contributed by atoms with Gasteiger partial charge in [0.1, 0.15) is 11.0 Å². The Hall–Kier alpha value is -1.74. The van der Waals surface area contributed by atoms with Gasteiger partial charge in [-0.1, -0.05) is 8.98 Å². The quantitative estimate of drug-likeness (QED) is 0.386. The highest BCUT2D eigenvalue weighted by molar-refractivity contribution is 7.19. The number of hydrogen-bond donors (Lipinski definition) is 0. The Morgan fingerprint density at radius 2 is 1.17 bits per heavy atom. The summed E-state index contributed by atoms with van der Waals surface area (Å²) in [6.45, 7) is 4.23. The SMILES string of the molecule is Cc1csc(-c2c3nnsc3c(-c3cc(C)cs3)c3nnsc23)c1. The summed E-state index contributed by atoms with van der Waals surface area (Å²) < 4.78 is 10.7. The number of rotatable bonds is 2. The zero-order valence-electron chi connectivity index (χ0n) is 12.7. The number of thiophene rings is 2. The lowest BCUT2D eigenvalue weighted by molar-refractivity contribution is 1.20. The average Bonchev–Trinajstić information content (AvgIpc) is 3.31. The van der Waals surface area contributed by atoms with Crippen molar-refractivity contribution in [1.82, 2.24) is 19.2 Å². The second-order valence-corrected chi connectivity index (χ2v) is 8.96. The van der Waals surface area contributed by atoms with Crippen LogP contribution in [0.25, 0.3) is 41.3 Å². The summed E-state index contributed by atoms with van der Waals surface area (Å²) in [5, 5.41) is 13.2. The van der Waals surface area contributed by atoms with Crippen molar-refractivity contribution in [3.05, 3.63) is 34.0 Å². The van der Waals surface area contributed by atoms with E-state index in [2.05, 4.69) is 55.9 Å². The maximum Gasteiger partial charge on any atom is 0.116 e. The van der Waals surface area contributed by atoms with E-state index in [0.717, 1.165) is 31.6 Å². The molecule has 0 amide bonds. The number of aromatic nitrogens is 4. The van der Waals surface area contributed by atoms with Gasteiger partial charge in [-0.15, -0.1) is 32.9 Å². The normalized spacial score (nSPS) is 11.8. The van der Waals surface area contributed by atoms with Crippen molar-refractivity contribution in [1.29, 1.82) is 0 Å². The molecule has 5 aromatic rings. The van der Waals surface area contributed by atoms with Crippen LogP contribution in [-0.4, -0.2) is 19.2 Å². The Labute approximate surface area is 153 Å². The van der Waals surface area contributed by atoms with E-state index >= 15 is 0 Å². The van der Waals surface area contributed by atoms with Gasteiger partial charge in [0, 0.05) is 20.9 Å². The summed E-state index contributed by atoms with van der Waals surface area (Å²) in [5.74, 6) is 0. The number of fused-ring (bicyclic) bond motifs is 2. The van der Waals surface area contributed by atoms with E-state index < -0.39 is 0 Å². The van der Waals surface area contributed by atoms with E-state index in [1.165, 1.54) is 43.9 Å². The molecule has 0 radical (unpaired) electrons. The van der Waals surface area contributed by atoms with Crippen LogP contribution in [0.2, 0.25) is 0 Å². The molecule has 4 nitrogen and oxygen atoms in total. The van der Waals surface area contributed by atoms with Crippen LogP contribution in [0.15, 0.2) is 22.9 Å². The molecular formula is C16H10N4S4. The topological polar surface area (TPSA) is 51.6 Å². The lowest BCUT2D eigenvalue weighted by Gasteiger charge is -2.05. The van der Waals surface area contributed by atoms with Crippen LogP contribution in [0, 0.1) is 13.8 Å². The molecule has 24 heavy (non-hydrogen) atoms. The predicted octanol–water partition coefficient (Wildman–Crippen LogP) is 5.77. The smallest absolute Gasteiger partial charge is 0.116 e. The molecule has 0 aliphatic carbocycles. The second kappa shape index (κ2) is 5.38. The summed E-state index contributed by atoms with van der Waals surface area (Å²) in [6, 6.07) is 4.40. The summed E-state index contributed by atoms with van der Waals surface area (Å²) >= 11 is 6.35. The van der Waals surface area contributed by atoms with Crippen LogP contribution < -0.4 is 0 Å². The van der Waals surface area contributed by atoms with Crippen LogP contribution >= 0.6 is 45.7 Å². The van der Waals surface area contributed by atoms with Gasteiger partial charge in [-0.25, -0.2) is 0 Å². The molecule has 118 valence electrons. The molecule has 0 unspecified atom stereocenters. The van der Waals surface area contributed by atoms with Crippen LogP contribution in [0.4, 0.5) is 0 Å². The molecule has 0 spiro atoms. The van der Waals surface area contributed by atoms with Crippen molar-refractivity contribution < 1.29 is 0 Å². The number of benzene rings is 1. The van der Waals surface area contributed by atoms with Crippen LogP contribution in [0.5, 0.6) is 0 Å². The molecule has 0 aliphatic heterocycles. The Morgan fingerprint density at radius 1 is 0.708 bits per heavy atom. The third-order valence-electron chi connectivity index (χ3n) is 3.86. The minimum Gasteiger partial charge on any atom is -0.143 e. The van der Waals surface area contributed by atoms with Crippen LogP contribution in [0.3, 0.4) is 0 Å². The highest BCUT2D eigenvalue weighted by Gasteiger charge is 2.23. The van der Waals surface area contributed by atoms with E-state index in [1.54, 1.807) is 22.7 Å². The largest absolute Gasteiger partial charge is 0.143 e. The maximum absolute atomic E-state index is 4.46. The van der Waals surface area contributed by atoms with Crippen molar-refractivity contribution >= 4 is 66.2 Å². The lowest BCUT2D eigenvalue weighted by atomic mass is 10.0. The minimum atomic E-state index is 0.960. The molecule has 0 saturated heterocycles. The van der Waals surface area contributed by atoms with Gasteiger partial charge in [0.2, 0.25) is 0 Å². The Balaban J connectivity index is 1.96. The number of aryl methyl sites for hydroxylation is 2. The van der Waals surface area contributed by atoms with Gasteiger partial charge in [-0.2, -0.15) is 0 Å². The van der Waals surface area contributed by atoms with Crippen LogP contribution in [-0.2, 0) is 0 Å². The van der Waals surface area contributed by atoms with Crippen molar-refractivity contribution in [2.75, 3.05) is 0 Å². The summed E-state index contributed by atoms with van der Waals surface area (Å²) in [7, 11) is 0. The number of nitrogens with zero attached hydrogens (tertiary/aromatic N) is 4. The zero-order chi connectivity index (χ0) is 16.3. The van der Waals surface area contributed by atoms with E-state index in [1.807, 2.05) is 0 Å². The van der Waals surface area contributed by atoms with Gasteiger partial charge in [0.05, 0.1) is 9.40 Å². The van der Waals surface area contributed by atoms with E-state index in [-0.39, 0.29) is 0 Å². The summed E-state index contributed by atoms with van der Waals surface area (Å²) in [5.41, 5.74) is 6.69. The van der Waals surface area contributed by atoms with Gasteiger partial charge in [-0.05, 0) is 70.9 Å². The van der Waals surface area contributed by atoms with Gasteiger partial charge < -0.3 is 0 Å². The molecule has 1 aromatic carbocycles. The highest BCUT2D eigenvalue weighted by atomic mass is 32.1. The highest BCUT2D eigenvalue weighted by Crippen LogP contribution is 2.46. The van der Waals surface area contributed by atoms with Gasteiger partial charge in [-0.3, -0.25) is 0 Å². The Kier molecular flexibility index (Phi) is 3.27. The van der Waals surface area contributed by atoms with Crippen LogP contribution in [0.1, 0.15) is 11.1 Å². The molecule has 0 N–H and O–H groups in total. The van der Waals surface area contributed by atoms with Crippen molar-refractivity contribution in [2.24, 2.45) is 0 Å². The van der Waals surface area contributed by atoms with Crippen molar-refractivity contribution in [3.8, 4) is 20.9 Å². The molecule has 0 fully saturated rings. The predicted molar refractivity (Wildman–Crippen MR) is 104 cm³/mol. The summed E-state index contributed by atoms with van der Waals surface area (Å²) in [6.07, 6.45) is 0. The third kappa shape index (κ3) is 2.07. The van der Waals surface area contributed by atoms with Crippen molar-refractivity contribution in [2.45, 2.75) is 13.8 Å². The first-order valence-electron chi connectivity index (χ1n) is 7.23. The average molecular weight is 387 g/mol. The zero-order valence-corrected chi connectivity index (χ0v) is 16.0. The molecule has 0 atom stereocenters. The van der Waals surface area contributed by atoms with Gasteiger partial charge in [0.25, 0.3) is 0 Å². The molecule has 0 saturated carbocycles. The van der Waals surface area contributed by atoms with E-state index in [9.17, 15) is 0 Å². The molecule has 5 rings (SSSR count). The standard InChI is InChI=1S/C16H10N4S4/c1-7-3-9(21-5-7)11-13-16(24-19-17-13)12(10-4-8(2)6-22-10)14-15(11)23-20-18-14/h3-6H,1-2H3. The molecule has 4 heterocycles. The first-order chi connectivity index (χ1) is 11.7. The maximum atomic E-state index is 4.46. The Morgan fingerprint density at radius 3 is 1.54 bits per heavy atom. The Bertz CT molecular complexity index is 1050. The van der Waals surface area contributed by atoms with Gasteiger partial charge in [0.15, 0.2) is 0 Å². The molecular weight excluding hydrogens is 376 g/mol. The minimum absolute atomic E-state index is 0.960. The molecule has 8 heteroatoms.